The van der Waals surface area contributed by atoms with Crippen molar-refractivity contribution in [2.45, 2.75) is 25.7 Å². The summed E-state index contributed by atoms with van der Waals surface area (Å²) in [6.45, 7) is 1.58. The maximum atomic E-state index is 12.8. The molecule has 1 amide bonds. The third kappa shape index (κ3) is 3.25. The van der Waals surface area contributed by atoms with Gasteiger partial charge in [0.2, 0.25) is 5.89 Å². The molecule has 0 radical (unpaired) electrons. The van der Waals surface area contributed by atoms with Crippen molar-refractivity contribution < 1.29 is 9.21 Å². The number of carbonyl (C=O) groups is 1. The van der Waals surface area contributed by atoms with E-state index in [0.29, 0.717) is 16.5 Å². The van der Waals surface area contributed by atoms with Crippen LogP contribution in [0, 0.1) is 0 Å². The summed E-state index contributed by atoms with van der Waals surface area (Å²) in [4.78, 5) is 31.5. The van der Waals surface area contributed by atoms with Crippen LogP contribution in [0.15, 0.2) is 57.7 Å². The normalized spacial score (nSPS) is 15.0. The molecule has 0 bridgehead atoms. The summed E-state index contributed by atoms with van der Waals surface area (Å²) in [6, 6.07) is 14.3. The van der Waals surface area contributed by atoms with E-state index in [2.05, 4.69) is 4.98 Å². The molecule has 0 spiro atoms. The van der Waals surface area contributed by atoms with Crippen LogP contribution in [0.1, 0.15) is 36.0 Å². The van der Waals surface area contributed by atoms with Crippen LogP contribution in [0.4, 0.5) is 0 Å². The van der Waals surface area contributed by atoms with Gasteiger partial charge in [-0.25, -0.2) is 9.78 Å². The van der Waals surface area contributed by atoms with Gasteiger partial charge in [-0.3, -0.25) is 4.79 Å². The third-order valence-corrected chi connectivity index (χ3v) is 4.79. The number of carbonyl (C=O) groups excluding carboxylic acids is 1. The summed E-state index contributed by atoms with van der Waals surface area (Å²) >= 11 is 0. The summed E-state index contributed by atoms with van der Waals surface area (Å²) in [5.74, 6) is 0.271. The van der Waals surface area contributed by atoms with Crippen molar-refractivity contribution in [3.8, 4) is 11.5 Å². The second-order valence-electron chi connectivity index (χ2n) is 6.61. The highest BCUT2D eigenvalue weighted by Crippen LogP contribution is 2.20. The highest BCUT2D eigenvalue weighted by molar-refractivity contribution is 5.97. The molecule has 1 fully saturated rings. The standard InChI is InChI=1S/C21H20N2O3/c24-20(23-12-6-1-2-7-13-23)16-10-11-17-18(14-16)22-19(26-21(17)25)15-8-4-3-5-9-15/h3-5,8-11,14H,1-2,6-7,12-13H2. The zero-order chi connectivity index (χ0) is 17.9. The van der Waals surface area contributed by atoms with Gasteiger partial charge in [-0.05, 0) is 43.2 Å². The lowest BCUT2D eigenvalue weighted by Gasteiger charge is -2.20. The van der Waals surface area contributed by atoms with Crippen LogP contribution in [0.25, 0.3) is 22.4 Å². The van der Waals surface area contributed by atoms with Crippen LogP contribution in [0.5, 0.6) is 0 Å². The summed E-state index contributed by atoms with van der Waals surface area (Å²) in [7, 11) is 0. The molecule has 1 aromatic heterocycles. The molecule has 1 aliphatic heterocycles. The van der Waals surface area contributed by atoms with Crippen molar-refractivity contribution in [3.05, 3.63) is 64.5 Å². The molecule has 0 aliphatic carbocycles. The van der Waals surface area contributed by atoms with E-state index in [1.165, 1.54) is 12.8 Å². The molecule has 26 heavy (non-hydrogen) atoms. The molecule has 2 aromatic carbocycles. The predicted octanol–water partition coefficient (Wildman–Crippen LogP) is 3.87. The second-order valence-corrected chi connectivity index (χ2v) is 6.61. The summed E-state index contributed by atoms with van der Waals surface area (Å²) < 4.78 is 5.35. The Balaban J connectivity index is 1.74. The number of fused-ring (bicyclic) bond motifs is 1. The lowest BCUT2D eigenvalue weighted by Crippen LogP contribution is -2.31. The van der Waals surface area contributed by atoms with E-state index in [-0.39, 0.29) is 11.8 Å². The van der Waals surface area contributed by atoms with Gasteiger partial charge in [0, 0.05) is 24.2 Å². The molecular weight excluding hydrogens is 328 g/mol. The fraction of sp³-hybridized carbons (Fsp3) is 0.286. The number of benzene rings is 2. The molecule has 5 heteroatoms. The number of nitrogens with zero attached hydrogens (tertiary/aromatic N) is 2. The summed E-state index contributed by atoms with van der Waals surface area (Å²) in [6.07, 6.45) is 4.42. The van der Waals surface area contributed by atoms with Gasteiger partial charge >= 0.3 is 5.63 Å². The Morgan fingerprint density at radius 3 is 2.42 bits per heavy atom. The molecule has 132 valence electrons. The number of amides is 1. The van der Waals surface area contributed by atoms with Crippen LogP contribution in [-0.4, -0.2) is 28.9 Å². The number of likely N-dealkylation sites (tertiary alicyclic amines) is 1. The first-order chi connectivity index (χ1) is 12.7. The molecule has 1 aliphatic rings. The maximum Gasteiger partial charge on any atom is 0.347 e. The maximum absolute atomic E-state index is 12.8. The quantitative estimate of drug-likeness (QED) is 0.705. The smallest absolute Gasteiger partial charge is 0.347 e. The highest BCUT2D eigenvalue weighted by atomic mass is 16.4. The molecule has 0 atom stereocenters. The van der Waals surface area contributed by atoms with Gasteiger partial charge in [-0.1, -0.05) is 31.0 Å². The topological polar surface area (TPSA) is 63.4 Å². The van der Waals surface area contributed by atoms with E-state index in [0.717, 1.165) is 31.5 Å². The third-order valence-electron chi connectivity index (χ3n) is 4.79. The van der Waals surface area contributed by atoms with Crippen molar-refractivity contribution in [1.82, 2.24) is 9.88 Å². The van der Waals surface area contributed by atoms with Crippen LogP contribution in [0.2, 0.25) is 0 Å². The summed E-state index contributed by atoms with van der Waals surface area (Å²) in [5, 5.41) is 0.386. The molecule has 3 aromatic rings. The largest absolute Gasteiger partial charge is 0.403 e. The fourth-order valence-electron chi connectivity index (χ4n) is 3.37. The monoisotopic (exact) mass is 348 g/mol. The number of aromatic nitrogens is 1. The van der Waals surface area contributed by atoms with Crippen LogP contribution >= 0.6 is 0 Å². The van der Waals surface area contributed by atoms with Gasteiger partial charge in [0.1, 0.15) is 0 Å². The van der Waals surface area contributed by atoms with Crippen molar-refractivity contribution in [2.75, 3.05) is 13.1 Å². The Bertz CT molecular complexity index is 987. The second kappa shape index (κ2) is 7.12. The molecule has 2 heterocycles. The molecular formula is C21H20N2O3. The number of hydrogen-bond acceptors (Lipinski definition) is 4. The summed E-state index contributed by atoms with van der Waals surface area (Å²) in [5.41, 5.74) is 1.34. The Morgan fingerprint density at radius 2 is 1.69 bits per heavy atom. The lowest BCUT2D eigenvalue weighted by atomic mass is 10.1. The molecule has 0 unspecified atom stereocenters. The van der Waals surface area contributed by atoms with Gasteiger partial charge in [-0.2, -0.15) is 0 Å². The van der Waals surface area contributed by atoms with E-state index < -0.39 is 5.63 Å². The van der Waals surface area contributed by atoms with E-state index in [4.69, 9.17) is 4.42 Å². The van der Waals surface area contributed by atoms with Crippen LogP contribution in [-0.2, 0) is 0 Å². The Morgan fingerprint density at radius 1 is 0.962 bits per heavy atom. The molecule has 4 rings (SSSR count). The Hall–Kier alpha value is -2.95. The van der Waals surface area contributed by atoms with Crippen molar-refractivity contribution in [3.63, 3.8) is 0 Å². The first kappa shape index (κ1) is 16.5. The van der Waals surface area contributed by atoms with Crippen molar-refractivity contribution >= 4 is 16.8 Å². The zero-order valence-electron chi connectivity index (χ0n) is 14.5. The first-order valence-electron chi connectivity index (χ1n) is 9.02. The van der Waals surface area contributed by atoms with Gasteiger partial charge in [0.05, 0.1) is 10.9 Å². The molecule has 0 N–H and O–H groups in total. The highest BCUT2D eigenvalue weighted by Gasteiger charge is 2.18. The fourth-order valence-corrected chi connectivity index (χ4v) is 3.37. The van der Waals surface area contributed by atoms with E-state index in [1.807, 2.05) is 35.2 Å². The van der Waals surface area contributed by atoms with Gasteiger partial charge in [0.25, 0.3) is 5.91 Å². The molecule has 5 nitrogen and oxygen atoms in total. The van der Waals surface area contributed by atoms with Crippen molar-refractivity contribution in [2.24, 2.45) is 0 Å². The number of rotatable bonds is 2. The van der Waals surface area contributed by atoms with Crippen molar-refractivity contribution in [1.29, 1.82) is 0 Å². The lowest BCUT2D eigenvalue weighted by molar-refractivity contribution is 0.0762. The van der Waals surface area contributed by atoms with E-state index in [1.54, 1.807) is 18.2 Å². The van der Waals surface area contributed by atoms with Gasteiger partial charge in [-0.15, -0.1) is 0 Å². The minimum atomic E-state index is -0.442. The Kier molecular flexibility index (Phi) is 4.52. The molecule has 0 saturated carbocycles. The number of hydrogen-bond donors (Lipinski definition) is 0. The van der Waals surface area contributed by atoms with Crippen LogP contribution in [0.3, 0.4) is 0 Å². The SMILES string of the molecule is O=C(c1ccc2c(=O)oc(-c3ccccc3)nc2c1)N1CCCCCC1. The average molecular weight is 348 g/mol. The van der Waals surface area contributed by atoms with Gasteiger partial charge < -0.3 is 9.32 Å². The molecule has 1 saturated heterocycles. The van der Waals surface area contributed by atoms with E-state index in [9.17, 15) is 9.59 Å². The zero-order valence-corrected chi connectivity index (χ0v) is 14.5. The minimum Gasteiger partial charge on any atom is -0.403 e. The minimum absolute atomic E-state index is 0.00472. The van der Waals surface area contributed by atoms with Crippen LogP contribution < -0.4 is 5.63 Å². The van der Waals surface area contributed by atoms with E-state index >= 15 is 0 Å². The predicted molar refractivity (Wildman–Crippen MR) is 100 cm³/mol. The average Bonchev–Trinajstić information content (AvgIpc) is 2.97. The van der Waals surface area contributed by atoms with Gasteiger partial charge in [0.15, 0.2) is 0 Å². The first-order valence-corrected chi connectivity index (χ1v) is 9.02. The Labute approximate surface area is 151 Å².